The molecule has 0 bridgehead atoms. The molecule has 0 aromatic rings. The van der Waals surface area contributed by atoms with Gasteiger partial charge in [-0.1, -0.05) is 59.5 Å². The van der Waals surface area contributed by atoms with Crippen LogP contribution in [-0.4, -0.2) is 11.7 Å². The Hall–Kier alpha value is -0.830. The lowest BCUT2D eigenvalue weighted by molar-refractivity contribution is -0.163. The molecule has 3 nitrogen and oxygen atoms in total. The van der Waals surface area contributed by atoms with Gasteiger partial charge in [-0.2, -0.15) is 0 Å². The lowest BCUT2D eigenvalue weighted by Crippen LogP contribution is -2.51. The Morgan fingerprint density at radius 2 is 1.57 bits per heavy atom. The van der Waals surface area contributed by atoms with Crippen molar-refractivity contribution in [1.29, 1.82) is 0 Å². The molecule has 0 aromatic heterocycles. The van der Waals surface area contributed by atoms with Gasteiger partial charge in [-0.15, -0.1) is 0 Å². The quantitative estimate of drug-likeness (QED) is 0.315. The summed E-state index contributed by atoms with van der Waals surface area (Å²) in [5.41, 5.74) is 6.15. The minimum absolute atomic E-state index is 0.243. The van der Waals surface area contributed by atoms with Gasteiger partial charge in [0.15, 0.2) is 5.72 Å². The summed E-state index contributed by atoms with van der Waals surface area (Å²) in [5, 5.41) is 0. The van der Waals surface area contributed by atoms with E-state index >= 15 is 0 Å². The molecule has 124 valence electrons. The molecule has 1 atom stereocenters. The SMILES string of the molecule is C=C(C)C(=O)OC(N)(CCCC)C(CCCC)CCCC. The number of carbonyl (C=O) groups is 1. The highest BCUT2D eigenvalue weighted by Gasteiger charge is 2.37. The molecule has 0 aliphatic heterocycles. The molecular formula is C18H35NO2. The zero-order chi connectivity index (χ0) is 16.3. The zero-order valence-corrected chi connectivity index (χ0v) is 14.5. The summed E-state index contributed by atoms with van der Waals surface area (Å²) in [6.45, 7) is 11.8. The number of unbranched alkanes of at least 4 members (excludes halogenated alkanes) is 3. The van der Waals surface area contributed by atoms with Gasteiger partial charge in [-0.3, -0.25) is 5.73 Å². The minimum atomic E-state index is -0.837. The normalized spacial score (nSPS) is 14.0. The van der Waals surface area contributed by atoms with E-state index in [1.165, 1.54) is 0 Å². The van der Waals surface area contributed by atoms with Gasteiger partial charge in [0.25, 0.3) is 0 Å². The van der Waals surface area contributed by atoms with Crippen LogP contribution in [0.1, 0.15) is 85.5 Å². The first-order valence-corrected chi connectivity index (χ1v) is 8.58. The fourth-order valence-corrected chi connectivity index (χ4v) is 2.59. The van der Waals surface area contributed by atoms with Crippen molar-refractivity contribution >= 4 is 5.97 Å². The smallest absolute Gasteiger partial charge is 0.334 e. The number of nitrogens with two attached hydrogens (primary N) is 1. The van der Waals surface area contributed by atoms with E-state index in [2.05, 4.69) is 27.4 Å². The van der Waals surface area contributed by atoms with Crippen molar-refractivity contribution in [3.63, 3.8) is 0 Å². The van der Waals surface area contributed by atoms with Gasteiger partial charge in [-0.25, -0.2) is 4.79 Å². The summed E-state index contributed by atoms with van der Waals surface area (Å²) in [4.78, 5) is 12.0. The predicted molar refractivity (Wildman–Crippen MR) is 89.9 cm³/mol. The Labute approximate surface area is 131 Å². The third-order valence-electron chi connectivity index (χ3n) is 4.06. The average Bonchev–Trinajstić information content (AvgIpc) is 2.45. The minimum Gasteiger partial charge on any atom is -0.441 e. The number of ether oxygens (including phenoxy) is 1. The Balaban J connectivity index is 5.05. The standard InChI is InChI=1S/C18H35NO2/c1-6-9-12-16(13-10-7-2)18(19,14-11-8-3)21-17(20)15(4)5/h16H,4,6-14,19H2,1-3,5H3. The molecule has 2 N–H and O–H groups in total. The second-order valence-corrected chi connectivity index (χ2v) is 6.21. The van der Waals surface area contributed by atoms with Crippen LogP contribution in [0.25, 0.3) is 0 Å². The molecule has 0 rings (SSSR count). The van der Waals surface area contributed by atoms with E-state index in [1.807, 2.05) is 0 Å². The van der Waals surface area contributed by atoms with Gasteiger partial charge < -0.3 is 4.74 Å². The van der Waals surface area contributed by atoms with E-state index in [0.29, 0.717) is 5.57 Å². The lowest BCUT2D eigenvalue weighted by Gasteiger charge is -2.37. The second kappa shape index (κ2) is 10.8. The van der Waals surface area contributed by atoms with Crippen LogP contribution in [0.3, 0.4) is 0 Å². The Bertz CT molecular complexity index is 306. The van der Waals surface area contributed by atoms with Crippen molar-refractivity contribution in [3.8, 4) is 0 Å². The first-order valence-electron chi connectivity index (χ1n) is 8.58. The summed E-state index contributed by atoms with van der Waals surface area (Å²) in [6, 6.07) is 0. The van der Waals surface area contributed by atoms with Crippen molar-refractivity contribution in [2.24, 2.45) is 11.7 Å². The summed E-state index contributed by atoms with van der Waals surface area (Å²) >= 11 is 0. The largest absolute Gasteiger partial charge is 0.441 e. The number of hydrogen-bond donors (Lipinski definition) is 1. The van der Waals surface area contributed by atoms with Crippen molar-refractivity contribution in [1.82, 2.24) is 0 Å². The molecule has 1 unspecified atom stereocenters. The molecule has 0 fully saturated rings. The van der Waals surface area contributed by atoms with Gasteiger partial charge in [0.2, 0.25) is 0 Å². The van der Waals surface area contributed by atoms with Crippen LogP contribution in [0.15, 0.2) is 12.2 Å². The van der Waals surface area contributed by atoms with Gasteiger partial charge >= 0.3 is 5.97 Å². The van der Waals surface area contributed by atoms with E-state index in [9.17, 15) is 4.79 Å². The fourth-order valence-electron chi connectivity index (χ4n) is 2.59. The molecule has 0 heterocycles. The first-order chi connectivity index (χ1) is 9.91. The molecule has 0 aliphatic carbocycles. The lowest BCUT2D eigenvalue weighted by atomic mass is 9.83. The van der Waals surface area contributed by atoms with Crippen molar-refractivity contribution in [3.05, 3.63) is 12.2 Å². The topological polar surface area (TPSA) is 52.3 Å². The van der Waals surface area contributed by atoms with Crippen LogP contribution in [0.4, 0.5) is 0 Å². The first kappa shape index (κ1) is 20.2. The fraction of sp³-hybridized carbons (Fsp3) is 0.833. The van der Waals surface area contributed by atoms with Crippen molar-refractivity contribution in [2.45, 2.75) is 91.2 Å². The van der Waals surface area contributed by atoms with Crippen LogP contribution >= 0.6 is 0 Å². The third kappa shape index (κ3) is 7.66. The number of carbonyl (C=O) groups excluding carboxylic acids is 1. The average molecular weight is 297 g/mol. The maximum Gasteiger partial charge on any atom is 0.334 e. The molecule has 0 aliphatic rings. The van der Waals surface area contributed by atoms with Crippen molar-refractivity contribution < 1.29 is 9.53 Å². The van der Waals surface area contributed by atoms with Gasteiger partial charge in [0.1, 0.15) is 0 Å². The Morgan fingerprint density at radius 1 is 1.10 bits per heavy atom. The van der Waals surface area contributed by atoms with Crippen LogP contribution in [0, 0.1) is 5.92 Å². The monoisotopic (exact) mass is 297 g/mol. The molecule has 0 spiro atoms. The maximum atomic E-state index is 12.0. The second-order valence-electron chi connectivity index (χ2n) is 6.21. The molecule has 3 heteroatoms. The van der Waals surface area contributed by atoms with E-state index in [4.69, 9.17) is 10.5 Å². The maximum absolute atomic E-state index is 12.0. The zero-order valence-electron chi connectivity index (χ0n) is 14.5. The molecule has 0 saturated heterocycles. The van der Waals surface area contributed by atoms with Gasteiger partial charge in [-0.05, 0) is 26.2 Å². The highest BCUT2D eigenvalue weighted by molar-refractivity contribution is 5.87. The Kier molecular flexibility index (Phi) is 10.4. The number of esters is 1. The highest BCUT2D eigenvalue weighted by atomic mass is 16.6. The van der Waals surface area contributed by atoms with Gasteiger partial charge in [0.05, 0.1) is 0 Å². The molecule has 0 aromatic carbocycles. The van der Waals surface area contributed by atoms with E-state index in [-0.39, 0.29) is 11.9 Å². The summed E-state index contributed by atoms with van der Waals surface area (Å²) in [7, 11) is 0. The highest BCUT2D eigenvalue weighted by Crippen LogP contribution is 2.32. The molecular weight excluding hydrogens is 262 g/mol. The van der Waals surface area contributed by atoms with Crippen LogP contribution < -0.4 is 5.73 Å². The van der Waals surface area contributed by atoms with Crippen LogP contribution in [0.5, 0.6) is 0 Å². The molecule has 0 amide bonds. The summed E-state index contributed by atoms with van der Waals surface area (Å²) in [5.74, 6) is -0.112. The van der Waals surface area contributed by atoms with Crippen LogP contribution in [-0.2, 0) is 9.53 Å². The van der Waals surface area contributed by atoms with E-state index in [0.717, 1.165) is 57.8 Å². The Morgan fingerprint density at radius 3 is 1.95 bits per heavy atom. The molecule has 0 radical (unpaired) electrons. The van der Waals surface area contributed by atoms with E-state index < -0.39 is 5.72 Å². The van der Waals surface area contributed by atoms with Crippen molar-refractivity contribution in [2.75, 3.05) is 0 Å². The number of rotatable bonds is 12. The molecule has 0 saturated carbocycles. The van der Waals surface area contributed by atoms with Crippen LogP contribution in [0.2, 0.25) is 0 Å². The predicted octanol–water partition coefficient (Wildman–Crippen LogP) is 4.95. The molecule has 21 heavy (non-hydrogen) atoms. The summed E-state index contributed by atoms with van der Waals surface area (Å²) < 4.78 is 5.70. The number of hydrogen-bond acceptors (Lipinski definition) is 3. The summed E-state index contributed by atoms with van der Waals surface area (Å²) in [6.07, 6.45) is 9.36. The van der Waals surface area contributed by atoms with E-state index in [1.54, 1.807) is 6.92 Å². The third-order valence-corrected chi connectivity index (χ3v) is 4.06. The van der Waals surface area contributed by atoms with Gasteiger partial charge in [0, 0.05) is 17.9 Å².